The second-order valence-electron chi connectivity index (χ2n) is 7.45. The van der Waals surface area contributed by atoms with E-state index in [0.29, 0.717) is 18.4 Å². The van der Waals surface area contributed by atoms with Crippen molar-refractivity contribution in [3.05, 3.63) is 0 Å². The van der Waals surface area contributed by atoms with Crippen molar-refractivity contribution >= 4 is 5.91 Å². The summed E-state index contributed by atoms with van der Waals surface area (Å²) in [6.45, 7) is 7.53. The summed E-state index contributed by atoms with van der Waals surface area (Å²) in [4.78, 5) is 14.5. The molecular formula is C15H28N2O. The van der Waals surface area contributed by atoms with Crippen LogP contribution in [-0.2, 0) is 4.79 Å². The van der Waals surface area contributed by atoms with Gasteiger partial charge >= 0.3 is 0 Å². The summed E-state index contributed by atoms with van der Waals surface area (Å²) < 4.78 is 0. The molecule has 2 aliphatic rings. The summed E-state index contributed by atoms with van der Waals surface area (Å²) in [5, 5.41) is 0. The first kappa shape index (κ1) is 13.9. The zero-order chi connectivity index (χ0) is 13.3. The maximum Gasteiger partial charge on any atom is 0.224 e. The molecule has 0 aliphatic heterocycles. The van der Waals surface area contributed by atoms with Crippen LogP contribution in [0.25, 0.3) is 0 Å². The fourth-order valence-electron chi connectivity index (χ4n) is 2.62. The van der Waals surface area contributed by atoms with Gasteiger partial charge in [0, 0.05) is 25.0 Å². The number of hydrogen-bond donors (Lipinski definition) is 1. The molecular weight excluding hydrogens is 224 g/mol. The molecule has 0 aromatic heterocycles. The van der Waals surface area contributed by atoms with Crippen LogP contribution in [0.4, 0.5) is 0 Å². The minimum atomic E-state index is 0.0120. The van der Waals surface area contributed by atoms with E-state index in [1.807, 2.05) is 0 Å². The summed E-state index contributed by atoms with van der Waals surface area (Å²) in [5.74, 6) is 1.08. The molecule has 0 saturated heterocycles. The molecule has 18 heavy (non-hydrogen) atoms. The number of carbonyl (C=O) groups is 1. The van der Waals surface area contributed by atoms with Gasteiger partial charge in [-0.25, -0.2) is 0 Å². The first-order chi connectivity index (χ1) is 8.35. The molecule has 0 spiro atoms. The fourth-order valence-corrected chi connectivity index (χ4v) is 2.62. The molecule has 0 aromatic carbocycles. The minimum Gasteiger partial charge on any atom is -0.339 e. The van der Waals surface area contributed by atoms with Gasteiger partial charge in [0.25, 0.3) is 0 Å². The Bertz CT molecular complexity index is 300. The Morgan fingerprint density at radius 1 is 1.28 bits per heavy atom. The van der Waals surface area contributed by atoms with Gasteiger partial charge in [0.15, 0.2) is 0 Å². The number of nitrogens with zero attached hydrogens (tertiary/aromatic N) is 1. The molecule has 2 fully saturated rings. The maximum absolute atomic E-state index is 12.3. The molecule has 2 saturated carbocycles. The Labute approximate surface area is 111 Å². The predicted molar refractivity (Wildman–Crippen MR) is 74.1 cm³/mol. The SMILES string of the molecule is CC(C)(C)CC(N)CC(=O)N(CC1CC1)C1CC1. The molecule has 0 bridgehead atoms. The van der Waals surface area contributed by atoms with Gasteiger partial charge in [0.1, 0.15) is 0 Å². The van der Waals surface area contributed by atoms with Gasteiger partial charge < -0.3 is 10.6 Å². The molecule has 1 amide bonds. The zero-order valence-corrected chi connectivity index (χ0v) is 12.1. The van der Waals surface area contributed by atoms with E-state index in [0.717, 1.165) is 18.9 Å². The van der Waals surface area contributed by atoms with E-state index in [2.05, 4.69) is 25.7 Å². The third-order valence-electron chi connectivity index (χ3n) is 3.77. The van der Waals surface area contributed by atoms with Crippen molar-refractivity contribution in [2.45, 2.75) is 71.4 Å². The van der Waals surface area contributed by atoms with Crippen molar-refractivity contribution in [2.75, 3.05) is 6.54 Å². The van der Waals surface area contributed by atoms with Crippen LogP contribution in [-0.4, -0.2) is 29.4 Å². The third-order valence-corrected chi connectivity index (χ3v) is 3.77. The minimum absolute atomic E-state index is 0.0120. The number of nitrogens with two attached hydrogens (primary N) is 1. The highest BCUT2D eigenvalue weighted by Gasteiger charge is 2.36. The second-order valence-corrected chi connectivity index (χ2v) is 7.45. The summed E-state index contributed by atoms with van der Waals surface area (Å²) in [6.07, 6.45) is 6.47. The molecule has 1 unspecified atom stereocenters. The molecule has 104 valence electrons. The quantitative estimate of drug-likeness (QED) is 0.789. The monoisotopic (exact) mass is 252 g/mol. The Balaban J connectivity index is 1.80. The van der Waals surface area contributed by atoms with Crippen LogP contribution < -0.4 is 5.73 Å². The van der Waals surface area contributed by atoms with E-state index in [1.54, 1.807) is 0 Å². The lowest BCUT2D eigenvalue weighted by Crippen LogP contribution is -2.39. The maximum atomic E-state index is 12.3. The molecule has 3 nitrogen and oxygen atoms in total. The highest BCUT2D eigenvalue weighted by atomic mass is 16.2. The number of carbonyl (C=O) groups excluding carboxylic acids is 1. The normalized spacial score (nSPS) is 21.8. The predicted octanol–water partition coefficient (Wildman–Crippen LogP) is 2.54. The van der Waals surface area contributed by atoms with E-state index >= 15 is 0 Å². The Kier molecular flexibility index (Phi) is 4.00. The van der Waals surface area contributed by atoms with Crippen molar-refractivity contribution in [3.8, 4) is 0 Å². The molecule has 2 N–H and O–H groups in total. The van der Waals surface area contributed by atoms with Crippen molar-refractivity contribution in [2.24, 2.45) is 17.1 Å². The molecule has 2 aliphatic carbocycles. The van der Waals surface area contributed by atoms with Gasteiger partial charge in [0.05, 0.1) is 0 Å². The second kappa shape index (κ2) is 5.20. The Morgan fingerprint density at radius 2 is 1.89 bits per heavy atom. The van der Waals surface area contributed by atoms with E-state index in [1.165, 1.54) is 25.7 Å². The van der Waals surface area contributed by atoms with Crippen LogP contribution in [0.1, 0.15) is 59.3 Å². The fraction of sp³-hybridized carbons (Fsp3) is 0.933. The van der Waals surface area contributed by atoms with Gasteiger partial charge in [0.2, 0.25) is 5.91 Å². The molecule has 0 heterocycles. The lowest BCUT2D eigenvalue weighted by Gasteiger charge is -2.27. The summed E-state index contributed by atoms with van der Waals surface area (Å²) >= 11 is 0. The molecule has 2 rings (SSSR count). The van der Waals surface area contributed by atoms with Crippen molar-refractivity contribution in [1.82, 2.24) is 4.90 Å². The van der Waals surface area contributed by atoms with Crippen LogP contribution in [0.5, 0.6) is 0 Å². The lowest BCUT2D eigenvalue weighted by molar-refractivity contribution is -0.132. The van der Waals surface area contributed by atoms with Crippen LogP contribution in [0.3, 0.4) is 0 Å². The lowest BCUT2D eigenvalue weighted by atomic mass is 9.87. The van der Waals surface area contributed by atoms with E-state index in [4.69, 9.17) is 5.73 Å². The van der Waals surface area contributed by atoms with E-state index in [-0.39, 0.29) is 11.5 Å². The Hall–Kier alpha value is -0.570. The van der Waals surface area contributed by atoms with Crippen LogP contribution in [0, 0.1) is 11.3 Å². The van der Waals surface area contributed by atoms with Gasteiger partial charge in [-0.05, 0) is 43.4 Å². The van der Waals surface area contributed by atoms with Crippen LogP contribution in [0.2, 0.25) is 0 Å². The number of hydrogen-bond acceptors (Lipinski definition) is 2. The summed E-state index contributed by atoms with van der Waals surface area (Å²) in [6, 6.07) is 0.554. The average molecular weight is 252 g/mol. The summed E-state index contributed by atoms with van der Waals surface area (Å²) in [5.41, 5.74) is 6.33. The van der Waals surface area contributed by atoms with Gasteiger partial charge in [-0.15, -0.1) is 0 Å². The topological polar surface area (TPSA) is 46.3 Å². The van der Waals surface area contributed by atoms with Gasteiger partial charge in [-0.1, -0.05) is 20.8 Å². The van der Waals surface area contributed by atoms with Crippen molar-refractivity contribution in [1.29, 1.82) is 0 Å². The zero-order valence-electron chi connectivity index (χ0n) is 12.1. The first-order valence-corrected chi connectivity index (χ1v) is 7.40. The highest BCUT2D eigenvalue weighted by molar-refractivity contribution is 5.77. The number of rotatable bonds is 6. The van der Waals surface area contributed by atoms with Gasteiger partial charge in [-0.3, -0.25) is 4.79 Å². The van der Waals surface area contributed by atoms with Crippen molar-refractivity contribution < 1.29 is 4.79 Å². The largest absolute Gasteiger partial charge is 0.339 e. The molecule has 0 radical (unpaired) electrons. The highest BCUT2D eigenvalue weighted by Crippen LogP contribution is 2.35. The molecule has 1 atom stereocenters. The number of amides is 1. The van der Waals surface area contributed by atoms with Crippen LogP contribution >= 0.6 is 0 Å². The van der Waals surface area contributed by atoms with E-state index < -0.39 is 0 Å². The Morgan fingerprint density at radius 3 is 2.33 bits per heavy atom. The third kappa shape index (κ3) is 4.60. The van der Waals surface area contributed by atoms with E-state index in [9.17, 15) is 4.79 Å². The smallest absolute Gasteiger partial charge is 0.224 e. The molecule has 3 heteroatoms. The van der Waals surface area contributed by atoms with Crippen LogP contribution in [0.15, 0.2) is 0 Å². The van der Waals surface area contributed by atoms with Crippen molar-refractivity contribution in [3.63, 3.8) is 0 Å². The standard InChI is InChI=1S/C15H28N2O/c1-15(2,3)9-12(16)8-14(18)17(13-6-7-13)10-11-4-5-11/h11-13H,4-10,16H2,1-3H3. The van der Waals surface area contributed by atoms with Gasteiger partial charge in [-0.2, -0.15) is 0 Å². The molecule has 0 aromatic rings. The summed E-state index contributed by atoms with van der Waals surface area (Å²) in [7, 11) is 0. The average Bonchev–Trinajstić information content (AvgIpc) is 3.05. The first-order valence-electron chi connectivity index (χ1n) is 7.40.